The molecule has 2 aromatic rings. The normalized spacial score (nSPS) is 15.9. The van der Waals surface area contributed by atoms with Gasteiger partial charge in [-0.3, -0.25) is 0 Å². The van der Waals surface area contributed by atoms with Crippen LogP contribution in [0.2, 0.25) is 0 Å². The minimum Gasteiger partial charge on any atom is -0.303 e. The molecule has 1 saturated heterocycles. The van der Waals surface area contributed by atoms with Crippen LogP contribution in [-0.2, 0) is 6.42 Å². The SMILES string of the molecule is CC(C)=CCC(C#N)c1c(CCN2CCCC2)ccc2ccccc12. The van der Waals surface area contributed by atoms with Gasteiger partial charge >= 0.3 is 0 Å². The molecule has 0 aromatic heterocycles. The van der Waals surface area contributed by atoms with Crippen LogP contribution < -0.4 is 0 Å². The van der Waals surface area contributed by atoms with Gasteiger partial charge in [-0.05, 0) is 74.5 Å². The number of hydrogen-bond donors (Lipinski definition) is 0. The Kier molecular flexibility index (Phi) is 5.89. The Morgan fingerprint density at radius 2 is 1.92 bits per heavy atom. The standard InChI is InChI=1S/C23H28N2/c1-18(2)9-10-21(17-24)23-20(13-16-25-14-5-6-15-25)12-11-19-7-3-4-8-22(19)23/h3-4,7-9,11-12,21H,5-6,10,13-16H2,1-2H3. The Morgan fingerprint density at radius 1 is 1.16 bits per heavy atom. The Labute approximate surface area is 151 Å². The van der Waals surface area contributed by atoms with Crippen LogP contribution in [0.1, 0.15) is 50.2 Å². The quantitative estimate of drug-likeness (QED) is 0.658. The van der Waals surface area contributed by atoms with Crippen LogP contribution in [0.4, 0.5) is 0 Å². The molecule has 130 valence electrons. The van der Waals surface area contributed by atoms with E-state index in [2.05, 4.69) is 67.3 Å². The molecule has 1 aliphatic rings. The maximum atomic E-state index is 9.87. The molecule has 1 aliphatic heterocycles. The van der Waals surface area contributed by atoms with Gasteiger partial charge in [0.1, 0.15) is 0 Å². The molecule has 3 rings (SSSR count). The van der Waals surface area contributed by atoms with Crippen LogP contribution in [0.25, 0.3) is 10.8 Å². The van der Waals surface area contributed by atoms with Gasteiger partial charge < -0.3 is 4.90 Å². The number of nitriles is 1. The maximum Gasteiger partial charge on any atom is 0.0755 e. The number of allylic oxidation sites excluding steroid dienone is 2. The zero-order valence-corrected chi connectivity index (χ0v) is 15.5. The third-order valence-electron chi connectivity index (χ3n) is 5.22. The number of nitrogens with zero attached hydrogens (tertiary/aromatic N) is 2. The van der Waals surface area contributed by atoms with E-state index < -0.39 is 0 Å². The van der Waals surface area contributed by atoms with Crippen molar-refractivity contribution in [2.45, 2.75) is 45.4 Å². The van der Waals surface area contributed by atoms with E-state index in [0.717, 1.165) is 19.4 Å². The van der Waals surface area contributed by atoms with E-state index in [9.17, 15) is 5.26 Å². The van der Waals surface area contributed by atoms with Gasteiger partial charge in [-0.15, -0.1) is 0 Å². The predicted octanol–water partition coefficient (Wildman–Crippen LogP) is 5.44. The van der Waals surface area contributed by atoms with Gasteiger partial charge in [0.2, 0.25) is 0 Å². The van der Waals surface area contributed by atoms with E-state index in [0.29, 0.717) is 0 Å². The number of hydrogen-bond acceptors (Lipinski definition) is 2. The molecule has 0 aliphatic carbocycles. The molecule has 0 radical (unpaired) electrons. The fourth-order valence-corrected chi connectivity index (χ4v) is 3.84. The number of benzene rings is 2. The third kappa shape index (κ3) is 4.30. The molecule has 1 heterocycles. The minimum absolute atomic E-state index is 0.0745. The molecule has 0 N–H and O–H groups in total. The van der Waals surface area contributed by atoms with E-state index in [1.807, 2.05) is 0 Å². The van der Waals surface area contributed by atoms with Crippen molar-refractivity contribution in [3.05, 3.63) is 59.2 Å². The highest BCUT2D eigenvalue weighted by Gasteiger charge is 2.19. The molecule has 1 atom stereocenters. The van der Waals surface area contributed by atoms with Crippen LogP contribution in [0.5, 0.6) is 0 Å². The average Bonchev–Trinajstić information content (AvgIpc) is 3.14. The van der Waals surface area contributed by atoms with E-state index in [4.69, 9.17) is 0 Å². The van der Waals surface area contributed by atoms with Crippen LogP contribution in [-0.4, -0.2) is 24.5 Å². The topological polar surface area (TPSA) is 27.0 Å². The van der Waals surface area contributed by atoms with Gasteiger partial charge in [-0.1, -0.05) is 48.0 Å². The molecule has 1 unspecified atom stereocenters. The lowest BCUT2D eigenvalue weighted by atomic mass is 9.86. The first-order valence-corrected chi connectivity index (χ1v) is 9.45. The fraction of sp³-hybridized carbons (Fsp3) is 0.435. The highest BCUT2D eigenvalue weighted by atomic mass is 15.1. The zero-order valence-electron chi connectivity index (χ0n) is 15.5. The lowest BCUT2D eigenvalue weighted by Gasteiger charge is -2.20. The summed E-state index contributed by atoms with van der Waals surface area (Å²) in [5.74, 6) is -0.0745. The van der Waals surface area contributed by atoms with Gasteiger partial charge in [-0.25, -0.2) is 0 Å². The Morgan fingerprint density at radius 3 is 2.64 bits per heavy atom. The second-order valence-electron chi connectivity index (χ2n) is 7.36. The molecule has 0 amide bonds. The third-order valence-corrected chi connectivity index (χ3v) is 5.22. The average molecular weight is 332 g/mol. The van der Waals surface area contributed by atoms with Crippen molar-refractivity contribution < 1.29 is 0 Å². The second-order valence-corrected chi connectivity index (χ2v) is 7.36. The summed E-state index contributed by atoms with van der Waals surface area (Å²) < 4.78 is 0. The summed E-state index contributed by atoms with van der Waals surface area (Å²) in [7, 11) is 0. The Bertz CT molecular complexity index is 787. The van der Waals surface area contributed by atoms with Crippen molar-refractivity contribution in [1.82, 2.24) is 4.90 Å². The van der Waals surface area contributed by atoms with Crippen LogP contribution >= 0.6 is 0 Å². The summed E-state index contributed by atoms with van der Waals surface area (Å²) in [5.41, 5.74) is 3.87. The molecular formula is C23H28N2. The first-order valence-electron chi connectivity index (χ1n) is 9.45. The molecule has 2 nitrogen and oxygen atoms in total. The van der Waals surface area contributed by atoms with Crippen molar-refractivity contribution in [3.63, 3.8) is 0 Å². The fourth-order valence-electron chi connectivity index (χ4n) is 3.84. The molecule has 0 spiro atoms. The van der Waals surface area contributed by atoms with Crippen molar-refractivity contribution in [3.8, 4) is 6.07 Å². The second kappa shape index (κ2) is 8.32. The molecule has 25 heavy (non-hydrogen) atoms. The Hall–Kier alpha value is -2.11. The van der Waals surface area contributed by atoms with Crippen molar-refractivity contribution in [2.75, 3.05) is 19.6 Å². The van der Waals surface area contributed by atoms with Crippen molar-refractivity contribution in [1.29, 1.82) is 5.26 Å². The first-order chi connectivity index (χ1) is 12.2. The molecule has 2 heteroatoms. The lowest BCUT2D eigenvalue weighted by molar-refractivity contribution is 0.343. The molecule has 2 aromatic carbocycles. The molecular weight excluding hydrogens is 304 g/mol. The maximum absolute atomic E-state index is 9.87. The summed E-state index contributed by atoms with van der Waals surface area (Å²) in [6.07, 6.45) is 6.68. The molecule has 0 saturated carbocycles. The number of rotatable bonds is 6. The van der Waals surface area contributed by atoms with Gasteiger partial charge in [0.05, 0.1) is 12.0 Å². The van der Waals surface area contributed by atoms with E-state index >= 15 is 0 Å². The van der Waals surface area contributed by atoms with Gasteiger partial charge in [0.15, 0.2) is 0 Å². The molecule has 0 bridgehead atoms. The number of likely N-dealkylation sites (tertiary alicyclic amines) is 1. The smallest absolute Gasteiger partial charge is 0.0755 e. The first kappa shape index (κ1) is 17.7. The predicted molar refractivity (Wildman–Crippen MR) is 106 cm³/mol. The van der Waals surface area contributed by atoms with Crippen molar-refractivity contribution in [2.24, 2.45) is 0 Å². The van der Waals surface area contributed by atoms with E-state index in [1.54, 1.807) is 0 Å². The largest absolute Gasteiger partial charge is 0.303 e. The monoisotopic (exact) mass is 332 g/mol. The van der Waals surface area contributed by atoms with Crippen LogP contribution in [0.15, 0.2) is 48.0 Å². The lowest BCUT2D eigenvalue weighted by Crippen LogP contribution is -2.22. The number of fused-ring (bicyclic) bond motifs is 1. The highest BCUT2D eigenvalue weighted by Crippen LogP contribution is 2.32. The van der Waals surface area contributed by atoms with Gasteiger partial charge in [0.25, 0.3) is 0 Å². The van der Waals surface area contributed by atoms with Gasteiger partial charge in [0, 0.05) is 6.54 Å². The summed E-state index contributed by atoms with van der Waals surface area (Å²) in [6, 6.07) is 15.5. The summed E-state index contributed by atoms with van der Waals surface area (Å²) in [4.78, 5) is 2.55. The van der Waals surface area contributed by atoms with Crippen molar-refractivity contribution >= 4 is 10.8 Å². The summed E-state index contributed by atoms with van der Waals surface area (Å²) in [5, 5.41) is 12.3. The van der Waals surface area contributed by atoms with Crippen LogP contribution in [0.3, 0.4) is 0 Å². The van der Waals surface area contributed by atoms with Crippen LogP contribution in [0, 0.1) is 11.3 Å². The zero-order chi connectivity index (χ0) is 17.6. The summed E-state index contributed by atoms with van der Waals surface area (Å²) in [6.45, 7) is 7.76. The summed E-state index contributed by atoms with van der Waals surface area (Å²) >= 11 is 0. The van der Waals surface area contributed by atoms with E-state index in [-0.39, 0.29) is 5.92 Å². The molecule has 1 fully saturated rings. The van der Waals surface area contributed by atoms with E-state index in [1.165, 1.54) is 53.4 Å². The Balaban J connectivity index is 1.96. The minimum atomic E-state index is -0.0745. The highest BCUT2D eigenvalue weighted by molar-refractivity contribution is 5.87. The van der Waals surface area contributed by atoms with Gasteiger partial charge in [-0.2, -0.15) is 5.26 Å².